The number of halogens is 2. The maximum absolute atomic E-state index is 12.5. The molecule has 0 aliphatic carbocycles. The van der Waals surface area contributed by atoms with E-state index in [9.17, 15) is 18.0 Å². The summed E-state index contributed by atoms with van der Waals surface area (Å²) in [4.78, 5) is 26.1. The van der Waals surface area contributed by atoms with Crippen LogP contribution in [0.4, 0.5) is 0 Å². The molecule has 0 radical (unpaired) electrons. The van der Waals surface area contributed by atoms with Crippen LogP contribution in [0.15, 0.2) is 17.0 Å². The highest BCUT2D eigenvalue weighted by atomic mass is 35.5. The maximum Gasteiger partial charge on any atom is 0.340 e. The van der Waals surface area contributed by atoms with E-state index in [2.05, 4.69) is 4.72 Å². The van der Waals surface area contributed by atoms with Gasteiger partial charge in [-0.1, -0.05) is 49.9 Å². The van der Waals surface area contributed by atoms with Crippen LogP contribution >= 0.6 is 23.2 Å². The Morgan fingerprint density at radius 2 is 1.72 bits per heavy atom. The fourth-order valence-corrected chi connectivity index (χ4v) is 4.92. The number of carbonyl (C=O) groups excluding carboxylic acids is 2. The first kappa shape index (κ1) is 23.9. The van der Waals surface area contributed by atoms with E-state index in [4.69, 9.17) is 27.9 Å². The first-order valence-electron chi connectivity index (χ1n) is 9.55. The van der Waals surface area contributed by atoms with Crippen molar-refractivity contribution in [3.63, 3.8) is 0 Å². The second-order valence-electron chi connectivity index (χ2n) is 7.38. The van der Waals surface area contributed by atoms with Crippen LogP contribution in [-0.4, -0.2) is 51.4 Å². The van der Waals surface area contributed by atoms with Gasteiger partial charge in [0.2, 0.25) is 10.0 Å². The number of carbonyl (C=O) groups is 2. The topological polar surface area (TPSA) is 92.8 Å². The van der Waals surface area contributed by atoms with Gasteiger partial charge in [0, 0.05) is 19.6 Å². The molecule has 1 heterocycles. The zero-order valence-electron chi connectivity index (χ0n) is 16.5. The molecule has 0 unspecified atom stereocenters. The Labute approximate surface area is 181 Å². The number of esters is 1. The number of likely N-dealkylation sites (tertiary alicyclic amines) is 1. The zero-order valence-corrected chi connectivity index (χ0v) is 18.9. The van der Waals surface area contributed by atoms with Gasteiger partial charge in [-0.15, -0.1) is 0 Å². The van der Waals surface area contributed by atoms with Gasteiger partial charge in [-0.3, -0.25) is 4.79 Å². The molecule has 7 nitrogen and oxygen atoms in total. The number of benzene rings is 1. The Morgan fingerprint density at radius 1 is 1.10 bits per heavy atom. The minimum absolute atomic E-state index is 0.0509. The van der Waals surface area contributed by atoms with Crippen LogP contribution in [-0.2, 0) is 19.6 Å². The summed E-state index contributed by atoms with van der Waals surface area (Å²) < 4.78 is 32.5. The van der Waals surface area contributed by atoms with E-state index in [1.54, 1.807) is 4.90 Å². The lowest BCUT2D eigenvalue weighted by Crippen LogP contribution is -2.35. The Balaban J connectivity index is 2.12. The first-order valence-corrected chi connectivity index (χ1v) is 11.8. The third kappa shape index (κ3) is 6.84. The van der Waals surface area contributed by atoms with E-state index in [0.29, 0.717) is 13.1 Å². The van der Waals surface area contributed by atoms with E-state index < -0.39 is 22.6 Å². The van der Waals surface area contributed by atoms with Crippen molar-refractivity contribution in [2.24, 2.45) is 5.92 Å². The van der Waals surface area contributed by atoms with Crippen LogP contribution in [0.25, 0.3) is 0 Å². The molecule has 0 spiro atoms. The average Bonchev–Trinajstić information content (AvgIpc) is 2.93. The minimum atomic E-state index is -3.93. The Kier molecular flexibility index (Phi) is 8.75. The van der Waals surface area contributed by atoms with Gasteiger partial charge in [0.15, 0.2) is 6.61 Å². The molecule has 1 saturated heterocycles. The molecule has 1 fully saturated rings. The number of ether oxygens (including phenoxy) is 1. The molecule has 1 aromatic rings. The second kappa shape index (κ2) is 10.6. The molecule has 1 N–H and O–H groups in total. The predicted octanol–water partition coefficient (Wildman–Crippen LogP) is 3.49. The standard InChI is InChI=1S/C19H26Cl2N2O5S/c1-13(2)11-22-29(26,27)17-9-14(15(20)10-16(17)21)19(25)28-12-18(24)23-7-5-3-4-6-8-23/h9-10,13,22H,3-8,11-12H2,1-2H3. The van der Waals surface area contributed by atoms with Gasteiger partial charge in [-0.2, -0.15) is 0 Å². The Hall–Kier alpha value is -1.35. The van der Waals surface area contributed by atoms with E-state index in [1.165, 1.54) is 6.07 Å². The van der Waals surface area contributed by atoms with Gasteiger partial charge in [-0.25, -0.2) is 17.9 Å². The van der Waals surface area contributed by atoms with Crippen LogP contribution in [0.1, 0.15) is 49.9 Å². The molecule has 1 aliphatic rings. The highest BCUT2D eigenvalue weighted by Gasteiger charge is 2.24. The number of nitrogens with zero attached hydrogens (tertiary/aromatic N) is 1. The lowest BCUT2D eigenvalue weighted by atomic mass is 10.2. The SMILES string of the molecule is CC(C)CNS(=O)(=O)c1cc(C(=O)OCC(=O)N2CCCCCC2)c(Cl)cc1Cl. The Morgan fingerprint density at radius 3 is 2.31 bits per heavy atom. The summed E-state index contributed by atoms with van der Waals surface area (Å²) in [5.74, 6) is -1.07. The van der Waals surface area contributed by atoms with Crippen molar-refractivity contribution < 1.29 is 22.7 Å². The summed E-state index contributed by atoms with van der Waals surface area (Å²) in [7, 11) is -3.93. The molecular formula is C19H26Cl2N2O5S. The van der Waals surface area contributed by atoms with Gasteiger partial charge >= 0.3 is 5.97 Å². The maximum atomic E-state index is 12.5. The number of sulfonamides is 1. The number of hydrogen-bond acceptors (Lipinski definition) is 5. The Bertz CT molecular complexity index is 850. The molecule has 1 aliphatic heterocycles. The van der Waals surface area contributed by atoms with E-state index in [1.807, 2.05) is 13.8 Å². The minimum Gasteiger partial charge on any atom is -0.452 e. The molecule has 0 atom stereocenters. The molecule has 162 valence electrons. The van der Waals surface area contributed by atoms with Crippen molar-refractivity contribution in [1.82, 2.24) is 9.62 Å². The largest absolute Gasteiger partial charge is 0.452 e. The molecule has 2 rings (SSSR count). The van der Waals surface area contributed by atoms with Gasteiger partial charge in [0.25, 0.3) is 5.91 Å². The summed E-state index contributed by atoms with van der Waals surface area (Å²) in [6.45, 7) is 4.78. The highest BCUT2D eigenvalue weighted by Crippen LogP contribution is 2.29. The van der Waals surface area contributed by atoms with Crippen LogP contribution in [0, 0.1) is 5.92 Å². The molecule has 10 heteroatoms. The fourth-order valence-electron chi connectivity index (χ4n) is 2.86. The fraction of sp³-hybridized carbons (Fsp3) is 0.579. The monoisotopic (exact) mass is 464 g/mol. The molecule has 1 aromatic carbocycles. The van der Waals surface area contributed by atoms with Gasteiger partial charge in [0.05, 0.1) is 15.6 Å². The summed E-state index contributed by atoms with van der Waals surface area (Å²) in [5.41, 5.74) is -0.162. The van der Waals surface area contributed by atoms with Crippen molar-refractivity contribution in [2.45, 2.75) is 44.4 Å². The van der Waals surface area contributed by atoms with Crippen LogP contribution in [0.5, 0.6) is 0 Å². The van der Waals surface area contributed by atoms with Crippen LogP contribution < -0.4 is 4.72 Å². The van der Waals surface area contributed by atoms with Gasteiger partial charge in [0.1, 0.15) is 4.90 Å². The highest BCUT2D eigenvalue weighted by molar-refractivity contribution is 7.89. The second-order valence-corrected chi connectivity index (χ2v) is 9.93. The van der Waals surface area contributed by atoms with E-state index >= 15 is 0 Å². The van der Waals surface area contributed by atoms with Crippen molar-refractivity contribution in [3.8, 4) is 0 Å². The summed E-state index contributed by atoms with van der Waals surface area (Å²) >= 11 is 12.1. The van der Waals surface area contributed by atoms with Crippen molar-refractivity contribution in [2.75, 3.05) is 26.2 Å². The van der Waals surface area contributed by atoms with Crippen molar-refractivity contribution in [3.05, 3.63) is 27.7 Å². The van der Waals surface area contributed by atoms with Crippen molar-refractivity contribution >= 4 is 45.1 Å². The van der Waals surface area contributed by atoms with E-state index in [-0.39, 0.29) is 38.9 Å². The lowest BCUT2D eigenvalue weighted by Gasteiger charge is -2.20. The molecule has 29 heavy (non-hydrogen) atoms. The molecular weight excluding hydrogens is 439 g/mol. The lowest BCUT2D eigenvalue weighted by molar-refractivity contribution is -0.134. The predicted molar refractivity (Wildman–Crippen MR) is 112 cm³/mol. The zero-order chi connectivity index (χ0) is 21.6. The quantitative estimate of drug-likeness (QED) is 0.623. The molecule has 0 saturated carbocycles. The number of amides is 1. The van der Waals surface area contributed by atoms with Gasteiger partial charge in [-0.05, 0) is 30.9 Å². The number of nitrogens with one attached hydrogen (secondary N) is 1. The molecule has 0 bridgehead atoms. The number of rotatable bonds is 7. The summed E-state index contributed by atoms with van der Waals surface area (Å²) in [6, 6.07) is 2.26. The van der Waals surface area contributed by atoms with Gasteiger partial charge < -0.3 is 9.64 Å². The summed E-state index contributed by atoms with van der Waals surface area (Å²) in [6.07, 6.45) is 4.00. The smallest absolute Gasteiger partial charge is 0.340 e. The number of hydrogen-bond donors (Lipinski definition) is 1. The van der Waals surface area contributed by atoms with E-state index in [0.717, 1.165) is 31.7 Å². The average molecular weight is 465 g/mol. The summed E-state index contributed by atoms with van der Waals surface area (Å²) in [5, 5.41) is -0.159. The first-order chi connectivity index (χ1) is 13.6. The third-order valence-corrected chi connectivity index (χ3v) is 6.70. The van der Waals surface area contributed by atoms with Crippen LogP contribution in [0.2, 0.25) is 10.0 Å². The molecule has 0 aromatic heterocycles. The van der Waals surface area contributed by atoms with Crippen molar-refractivity contribution in [1.29, 1.82) is 0 Å². The normalized spacial score (nSPS) is 15.3. The molecule has 1 amide bonds. The van der Waals surface area contributed by atoms with Crippen LogP contribution in [0.3, 0.4) is 0 Å². The third-order valence-electron chi connectivity index (χ3n) is 4.50.